The smallest absolute Gasteiger partial charge is 0.259 e. The molecular formula is C16H20N4O2. The summed E-state index contributed by atoms with van der Waals surface area (Å²) in [6, 6.07) is 5.10. The highest BCUT2D eigenvalue weighted by Gasteiger charge is 2.17. The summed E-state index contributed by atoms with van der Waals surface area (Å²) in [5.74, 6) is 1.09. The number of nitrogen functional groups attached to an aromatic ring is 1. The molecule has 0 saturated heterocycles. The quantitative estimate of drug-likeness (QED) is 0.847. The Morgan fingerprint density at radius 3 is 2.68 bits per heavy atom. The highest BCUT2D eigenvalue weighted by Crippen LogP contribution is 2.25. The molecule has 22 heavy (non-hydrogen) atoms. The van der Waals surface area contributed by atoms with Crippen LogP contribution in [-0.2, 0) is 0 Å². The number of rotatable bonds is 4. The van der Waals surface area contributed by atoms with Gasteiger partial charge in [0.2, 0.25) is 0 Å². The second-order valence-corrected chi connectivity index (χ2v) is 5.28. The number of anilines is 2. The number of carbonyl (C=O) groups is 1. The van der Waals surface area contributed by atoms with Gasteiger partial charge in [0.25, 0.3) is 5.91 Å². The van der Waals surface area contributed by atoms with Crippen LogP contribution in [0.15, 0.2) is 24.4 Å². The van der Waals surface area contributed by atoms with E-state index in [9.17, 15) is 4.79 Å². The van der Waals surface area contributed by atoms with E-state index in [2.05, 4.69) is 15.3 Å². The summed E-state index contributed by atoms with van der Waals surface area (Å²) in [6.45, 7) is 5.78. The van der Waals surface area contributed by atoms with Crippen molar-refractivity contribution in [1.82, 2.24) is 9.97 Å². The second kappa shape index (κ2) is 6.43. The SMILES string of the molecule is COc1ccc(NC(=O)c2cnc(C)nc2C(C)C)cc1N. The van der Waals surface area contributed by atoms with Crippen LogP contribution < -0.4 is 15.8 Å². The fourth-order valence-corrected chi connectivity index (χ4v) is 2.11. The van der Waals surface area contributed by atoms with Gasteiger partial charge >= 0.3 is 0 Å². The number of hydrogen-bond acceptors (Lipinski definition) is 5. The third-order valence-electron chi connectivity index (χ3n) is 3.22. The number of carbonyl (C=O) groups excluding carboxylic acids is 1. The van der Waals surface area contributed by atoms with Gasteiger partial charge in [-0.25, -0.2) is 9.97 Å². The van der Waals surface area contributed by atoms with Crippen LogP contribution in [0.3, 0.4) is 0 Å². The molecule has 3 N–H and O–H groups in total. The van der Waals surface area contributed by atoms with Crippen LogP contribution in [0.1, 0.15) is 41.6 Å². The van der Waals surface area contributed by atoms with Crippen LogP contribution in [0.4, 0.5) is 11.4 Å². The number of nitrogens with one attached hydrogen (secondary N) is 1. The van der Waals surface area contributed by atoms with Gasteiger partial charge in [-0.3, -0.25) is 4.79 Å². The molecule has 116 valence electrons. The fraction of sp³-hybridized carbons (Fsp3) is 0.312. The minimum Gasteiger partial charge on any atom is -0.495 e. The van der Waals surface area contributed by atoms with E-state index in [1.165, 1.54) is 0 Å². The van der Waals surface area contributed by atoms with Crippen LogP contribution >= 0.6 is 0 Å². The summed E-state index contributed by atoms with van der Waals surface area (Å²) in [5.41, 5.74) is 8.10. The third-order valence-corrected chi connectivity index (χ3v) is 3.22. The van der Waals surface area contributed by atoms with Crippen molar-refractivity contribution < 1.29 is 9.53 Å². The van der Waals surface area contributed by atoms with E-state index in [-0.39, 0.29) is 11.8 Å². The predicted octanol–water partition coefficient (Wildman–Crippen LogP) is 2.75. The molecule has 1 aromatic carbocycles. The van der Waals surface area contributed by atoms with E-state index in [1.54, 1.807) is 38.4 Å². The average Bonchev–Trinajstić information content (AvgIpc) is 2.47. The zero-order valence-corrected chi connectivity index (χ0v) is 13.2. The lowest BCUT2D eigenvalue weighted by Crippen LogP contribution is -2.17. The van der Waals surface area contributed by atoms with Gasteiger partial charge in [-0.05, 0) is 31.0 Å². The summed E-state index contributed by atoms with van der Waals surface area (Å²) in [5, 5.41) is 2.81. The second-order valence-electron chi connectivity index (χ2n) is 5.28. The largest absolute Gasteiger partial charge is 0.495 e. The first-order valence-corrected chi connectivity index (χ1v) is 7.00. The summed E-state index contributed by atoms with van der Waals surface area (Å²) < 4.78 is 5.10. The van der Waals surface area contributed by atoms with Crippen molar-refractivity contribution >= 4 is 17.3 Å². The topological polar surface area (TPSA) is 90.1 Å². The van der Waals surface area contributed by atoms with Crippen LogP contribution in [0.5, 0.6) is 5.75 Å². The number of hydrogen-bond donors (Lipinski definition) is 2. The molecule has 2 aromatic rings. The molecule has 0 unspecified atom stereocenters. The maximum Gasteiger partial charge on any atom is 0.259 e. The minimum atomic E-state index is -0.256. The van der Waals surface area contributed by atoms with Gasteiger partial charge in [-0.1, -0.05) is 13.8 Å². The third kappa shape index (κ3) is 3.33. The Labute approximate surface area is 129 Å². The summed E-state index contributed by atoms with van der Waals surface area (Å²) >= 11 is 0. The Kier molecular flexibility index (Phi) is 4.60. The van der Waals surface area contributed by atoms with Crippen molar-refractivity contribution in [2.75, 3.05) is 18.2 Å². The first-order chi connectivity index (χ1) is 10.4. The van der Waals surface area contributed by atoms with Crippen molar-refractivity contribution in [1.29, 1.82) is 0 Å². The summed E-state index contributed by atoms with van der Waals surface area (Å²) in [7, 11) is 1.54. The number of methoxy groups -OCH3 is 1. The first kappa shape index (κ1) is 15.8. The number of aryl methyl sites for hydroxylation is 1. The normalized spacial score (nSPS) is 10.6. The number of nitrogens with zero attached hydrogens (tertiary/aromatic N) is 2. The van der Waals surface area contributed by atoms with E-state index in [0.717, 1.165) is 5.69 Å². The summed E-state index contributed by atoms with van der Waals surface area (Å²) in [4.78, 5) is 20.9. The molecular weight excluding hydrogens is 280 g/mol. The van der Waals surface area contributed by atoms with Crippen LogP contribution in [-0.4, -0.2) is 23.0 Å². The van der Waals surface area contributed by atoms with Crippen molar-refractivity contribution in [3.63, 3.8) is 0 Å². The minimum absolute atomic E-state index is 0.128. The van der Waals surface area contributed by atoms with Crippen LogP contribution in [0, 0.1) is 6.92 Å². The molecule has 0 aliphatic heterocycles. The molecule has 0 fully saturated rings. The maximum absolute atomic E-state index is 12.5. The van der Waals surface area contributed by atoms with Crippen molar-refractivity contribution in [2.24, 2.45) is 0 Å². The lowest BCUT2D eigenvalue weighted by atomic mass is 10.0. The number of ether oxygens (including phenoxy) is 1. The standard InChI is InChI=1S/C16H20N4O2/c1-9(2)15-12(8-18-10(3)19-15)16(21)20-11-5-6-14(22-4)13(17)7-11/h5-9H,17H2,1-4H3,(H,20,21). The molecule has 6 nitrogen and oxygen atoms in total. The molecule has 0 aliphatic carbocycles. The number of aromatic nitrogens is 2. The Bertz CT molecular complexity index is 699. The highest BCUT2D eigenvalue weighted by atomic mass is 16.5. The van der Waals surface area contributed by atoms with Gasteiger partial charge in [-0.15, -0.1) is 0 Å². The van der Waals surface area contributed by atoms with E-state index in [0.29, 0.717) is 28.5 Å². The zero-order chi connectivity index (χ0) is 16.3. The van der Waals surface area contributed by atoms with Crippen LogP contribution in [0.2, 0.25) is 0 Å². The average molecular weight is 300 g/mol. The number of benzene rings is 1. The van der Waals surface area contributed by atoms with E-state index in [1.807, 2.05) is 13.8 Å². The Hall–Kier alpha value is -2.63. The molecule has 0 radical (unpaired) electrons. The van der Waals surface area contributed by atoms with E-state index in [4.69, 9.17) is 10.5 Å². The lowest BCUT2D eigenvalue weighted by Gasteiger charge is -2.13. The van der Waals surface area contributed by atoms with Gasteiger partial charge in [0.1, 0.15) is 11.6 Å². The lowest BCUT2D eigenvalue weighted by molar-refractivity contribution is 0.102. The predicted molar refractivity (Wildman–Crippen MR) is 86.2 cm³/mol. The molecule has 0 atom stereocenters. The Balaban J connectivity index is 2.28. The van der Waals surface area contributed by atoms with Crippen molar-refractivity contribution in [3.8, 4) is 5.75 Å². The van der Waals surface area contributed by atoms with Gasteiger partial charge in [-0.2, -0.15) is 0 Å². The first-order valence-electron chi connectivity index (χ1n) is 7.00. The molecule has 0 aliphatic rings. The Morgan fingerprint density at radius 1 is 1.36 bits per heavy atom. The van der Waals surface area contributed by atoms with Gasteiger partial charge < -0.3 is 15.8 Å². The van der Waals surface area contributed by atoms with Gasteiger partial charge in [0.05, 0.1) is 24.1 Å². The zero-order valence-electron chi connectivity index (χ0n) is 13.2. The molecule has 0 bridgehead atoms. The van der Waals surface area contributed by atoms with Crippen molar-refractivity contribution in [3.05, 3.63) is 41.5 Å². The summed E-state index contributed by atoms with van der Waals surface area (Å²) in [6.07, 6.45) is 1.56. The molecule has 1 aromatic heterocycles. The molecule has 1 heterocycles. The highest BCUT2D eigenvalue weighted by molar-refractivity contribution is 6.05. The Morgan fingerprint density at radius 2 is 2.09 bits per heavy atom. The van der Waals surface area contributed by atoms with Crippen LogP contribution in [0.25, 0.3) is 0 Å². The van der Waals surface area contributed by atoms with E-state index >= 15 is 0 Å². The van der Waals surface area contributed by atoms with Gasteiger partial charge in [0, 0.05) is 11.9 Å². The molecule has 6 heteroatoms. The fourth-order valence-electron chi connectivity index (χ4n) is 2.11. The monoisotopic (exact) mass is 300 g/mol. The number of nitrogens with two attached hydrogens (primary N) is 1. The van der Waals surface area contributed by atoms with Crippen molar-refractivity contribution in [2.45, 2.75) is 26.7 Å². The molecule has 2 rings (SSSR count). The molecule has 0 spiro atoms. The van der Waals surface area contributed by atoms with Gasteiger partial charge in [0.15, 0.2) is 0 Å². The maximum atomic E-state index is 12.5. The molecule has 1 amide bonds. The number of amides is 1. The van der Waals surface area contributed by atoms with E-state index < -0.39 is 0 Å². The molecule has 0 saturated carbocycles.